The number of hydrogen-bond donors (Lipinski definition) is 1. The smallest absolute Gasteiger partial charge is 0.220 e. The molecule has 22 heavy (non-hydrogen) atoms. The first kappa shape index (κ1) is 16.5. The van der Waals surface area contributed by atoms with Crippen LogP contribution in [0.25, 0.3) is 11.4 Å². The van der Waals surface area contributed by atoms with Crippen molar-refractivity contribution in [2.75, 3.05) is 26.0 Å². The first-order chi connectivity index (χ1) is 10.7. The standard InChI is InChI=1S/C15H20N4O2S/c1-19-14(12-6-4-3-5-7-12)17-18-15(19)22-11-8-13(20)16-9-10-21-2/h3-7H,8-11H2,1-2H3,(H,16,20). The minimum absolute atomic E-state index is 0.0231. The lowest BCUT2D eigenvalue weighted by Crippen LogP contribution is -2.27. The molecule has 2 rings (SSSR count). The number of methoxy groups -OCH3 is 1. The normalized spacial score (nSPS) is 10.6. The Kier molecular flexibility index (Phi) is 6.42. The summed E-state index contributed by atoms with van der Waals surface area (Å²) in [6.45, 7) is 1.07. The van der Waals surface area contributed by atoms with E-state index in [0.29, 0.717) is 25.3 Å². The van der Waals surface area contributed by atoms with Crippen LogP contribution in [0.5, 0.6) is 0 Å². The van der Waals surface area contributed by atoms with Crippen LogP contribution in [-0.4, -0.2) is 46.7 Å². The molecule has 1 N–H and O–H groups in total. The van der Waals surface area contributed by atoms with Crippen LogP contribution in [0.15, 0.2) is 35.5 Å². The largest absolute Gasteiger partial charge is 0.383 e. The van der Waals surface area contributed by atoms with Gasteiger partial charge in [0.15, 0.2) is 11.0 Å². The summed E-state index contributed by atoms with van der Waals surface area (Å²) in [5, 5.41) is 12.0. The van der Waals surface area contributed by atoms with Gasteiger partial charge in [0.05, 0.1) is 6.61 Å². The molecule has 1 amide bonds. The van der Waals surface area contributed by atoms with Gasteiger partial charge in [-0.15, -0.1) is 10.2 Å². The molecule has 0 unspecified atom stereocenters. The molecule has 6 nitrogen and oxygen atoms in total. The van der Waals surface area contributed by atoms with Crippen LogP contribution in [-0.2, 0) is 16.6 Å². The predicted molar refractivity (Wildman–Crippen MR) is 86.7 cm³/mol. The van der Waals surface area contributed by atoms with Crippen molar-refractivity contribution in [1.82, 2.24) is 20.1 Å². The first-order valence-electron chi connectivity index (χ1n) is 7.05. The molecule has 0 radical (unpaired) electrons. The fourth-order valence-corrected chi connectivity index (χ4v) is 2.74. The van der Waals surface area contributed by atoms with E-state index >= 15 is 0 Å². The van der Waals surface area contributed by atoms with E-state index in [-0.39, 0.29) is 5.91 Å². The molecule has 118 valence electrons. The van der Waals surface area contributed by atoms with E-state index in [2.05, 4.69) is 15.5 Å². The molecular formula is C15H20N4O2S. The van der Waals surface area contributed by atoms with Crippen LogP contribution in [0.2, 0.25) is 0 Å². The van der Waals surface area contributed by atoms with E-state index in [0.717, 1.165) is 16.5 Å². The SMILES string of the molecule is COCCNC(=O)CCSc1nnc(-c2ccccc2)n1C. The maximum absolute atomic E-state index is 11.6. The molecule has 2 aromatic rings. The zero-order valence-corrected chi connectivity index (χ0v) is 13.6. The van der Waals surface area contributed by atoms with Crippen molar-refractivity contribution >= 4 is 17.7 Å². The van der Waals surface area contributed by atoms with Gasteiger partial charge in [0.1, 0.15) is 0 Å². The van der Waals surface area contributed by atoms with Crippen LogP contribution in [0.4, 0.5) is 0 Å². The van der Waals surface area contributed by atoms with Crippen molar-refractivity contribution in [2.24, 2.45) is 7.05 Å². The maximum atomic E-state index is 11.6. The number of nitrogens with zero attached hydrogens (tertiary/aromatic N) is 3. The summed E-state index contributed by atoms with van der Waals surface area (Å²) in [7, 11) is 3.55. The third kappa shape index (κ3) is 4.57. The number of hydrogen-bond acceptors (Lipinski definition) is 5. The highest BCUT2D eigenvalue weighted by atomic mass is 32.2. The zero-order chi connectivity index (χ0) is 15.8. The number of amides is 1. The molecular weight excluding hydrogens is 300 g/mol. The Morgan fingerprint density at radius 1 is 1.32 bits per heavy atom. The average Bonchev–Trinajstić information content (AvgIpc) is 2.90. The third-order valence-corrected chi connectivity index (χ3v) is 4.08. The fourth-order valence-electron chi connectivity index (χ4n) is 1.90. The lowest BCUT2D eigenvalue weighted by Gasteiger charge is -2.05. The number of carbonyl (C=O) groups is 1. The maximum Gasteiger partial charge on any atom is 0.220 e. The van der Waals surface area contributed by atoms with E-state index < -0.39 is 0 Å². The second-order valence-electron chi connectivity index (χ2n) is 4.67. The molecule has 1 aromatic carbocycles. The van der Waals surface area contributed by atoms with Crippen molar-refractivity contribution in [2.45, 2.75) is 11.6 Å². The molecule has 7 heteroatoms. The van der Waals surface area contributed by atoms with E-state index in [4.69, 9.17) is 4.74 Å². The number of carbonyl (C=O) groups excluding carboxylic acids is 1. The number of rotatable bonds is 8. The van der Waals surface area contributed by atoms with E-state index in [9.17, 15) is 4.79 Å². The molecule has 0 fully saturated rings. The van der Waals surface area contributed by atoms with Gasteiger partial charge in [0.2, 0.25) is 5.91 Å². The Morgan fingerprint density at radius 3 is 2.82 bits per heavy atom. The molecule has 1 aromatic heterocycles. The highest BCUT2D eigenvalue weighted by Crippen LogP contribution is 2.22. The van der Waals surface area contributed by atoms with Crippen molar-refractivity contribution in [3.63, 3.8) is 0 Å². The summed E-state index contributed by atoms with van der Waals surface area (Å²) < 4.78 is 6.83. The van der Waals surface area contributed by atoms with Crippen molar-refractivity contribution < 1.29 is 9.53 Å². The minimum atomic E-state index is 0.0231. The van der Waals surface area contributed by atoms with Gasteiger partial charge in [-0.1, -0.05) is 42.1 Å². The summed E-state index contributed by atoms with van der Waals surface area (Å²) in [6, 6.07) is 9.92. The summed E-state index contributed by atoms with van der Waals surface area (Å²) in [6.07, 6.45) is 0.446. The molecule has 0 saturated carbocycles. The average molecular weight is 320 g/mol. The van der Waals surface area contributed by atoms with Gasteiger partial charge in [-0.05, 0) is 0 Å². The van der Waals surface area contributed by atoms with Crippen molar-refractivity contribution in [3.8, 4) is 11.4 Å². The van der Waals surface area contributed by atoms with Gasteiger partial charge < -0.3 is 14.6 Å². The van der Waals surface area contributed by atoms with E-state index in [1.807, 2.05) is 41.9 Å². The van der Waals surface area contributed by atoms with Crippen LogP contribution in [0.1, 0.15) is 6.42 Å². The number of benzene rings is 1. The summed E-state index contributed by atoms with van der Waals surface area (Å²) in [5.74, 6) is 1.52. The Hall–Kier alpha value is -1.86. The first-order valence-corrected chi connectivity index (χ1v) is 8.04. The van der Waals surface area contributed by atoms with Crippen LogP contribution < -0.4 is 5.32 Å². The summed E-state index contributed by atoms with van der Waals surface area (Å²) >= 11 is 1.53. The molecule has 1 heterocycles. The molecule has 0 aliphatic carbocycles. The van der Waals surface area contributed by atoms with Crippen LogP contribution in [0, 0.1) is 0 Å². The fraction of sp³-hybridized carbons (Fsp3) is 0.400. The Balaban J connectivity index is 1.84. The lowest BCUT2D eigenvalue weighted by molar-refractivity contribution is -0.120. The molecule has 0 atom stereocenters. The predicted octanol–water partition coefficient (Wildman–Crippen LogP) is 1.73. The quantitative estimate of drug-likeness (QED) is 0.592. The van der Waals surface area contributed by atoms with Gasteiger partial charge >= 0.3 is 0 Å². The zero-order valence-electron chi connectivity index (χ0n) is 12.8. The van der Waals surface area contributed by atoms with Crippen LogP contribution in [0.3, 0.4) is 0 Å². The van der Waals surface area contributed by atoms with Crippen LogP contribution >= 0.6 is 11.8 Å². The van der Waals surface area contributed by atoms with Gasteiger partial charge in [-0.3, -0.25) is 4.79 Å². The highest BCUT2D eigenvalue weighted by molar-refractivity contribution is 7.99. The molecule has 0 spiro atoms. The lowest BCUT2D eigenvalue weighted by atomic mass is 10.2. The van der Waals surface area contributed by atoms with Gasteiger partial charge in [-0.25, -0.2) is 0 Å². The monoisotopic (exact) mass is 320 g/mol. The summed E-state index contributed by atoms with van der Waals surface area (Å²) in [4.78, 5) is 11.6. The number of thioether (sulfide) groups is 1. The Morgan fingerprint density at radius 2 is 2.09 bits per heavy atom. The highest BCUT2D eigenvalue weighted by Gasteiger charge is 2.11. The molecule has 0 bridgehead atoms. The second-order valence-corrected chi connectivity index (χ2v) is 5.73. The van der Waals surface area contributed by atoms with Gasteiger partial charge in [-0.2, -0.15) is 0 Å². The van der Waals surface area contributed by atoms with Gasteiger partial charge in [0.25, 0.3) is 0 Å². The number of nitrogens with one attached hydrogen (secondary N) is 1. The van der Waals surface area contributed by atoms with E-state index in [1.54, 1.807) is 7.11 Å². The molecule has 0 aliphatic rings. The summed E-state index contributed by atoms with van der Waals surface area (Å²) in [5.41, 5.74) is 1.03. The van der Waals surface area contributed by atoms with Crippen molar-refractivity contribution in [3.05, 3.63) is 30.3 Å². The van der Waals surface area contributed by atoms with Crippen molar-refractivity contribution in [1.29, 1.82) is 0 Å². The van der Waals surface area contributed by atoms with E-state index in [1.165, 1.54) is 11.8 Å². The third-order valence-electron chi connectivity index (χ3n) is 3.06. The molecule has 0 saturated heterocycles. The molecule has 0 aliphatic heterocycles. The Bertz CT molecular complexity index is 601. The number of ether oxygens (including phenoxy) is 1. The number of aromatic nitrogens is 3. The second kappa shape index (κ2) is 8.55. The topological polar surface area (TPSA) is 69.0 Å². The minimum Gasteiger partial charge on any atom is -0.383 e. The van der Waals surface area contributed by atoms with Gasteiger partial charge in [0, 0.05) is 38.4 Å². The Labute approximate surface area is 134 Å².